The highest BCUT2D eigenvalue weighted by Crippen LogP contribution is 2.11. The van der Waals surface area contributed by atoms with E-state index in [1.165, 1.54) is 0 Å². The number of carbonyl (C=O) groups excluding carboxylic acids is 1. The molecule has 0 saturated carbocycles. The van der Waals surface area contributed by atoms with Crippen molar-refractivity contribution in [2.24, 2.45) is 4.99 Å². The zero-order valence-corrected chi connectivity index (χ0v) is 16.2. The Labute approximate surface area is 147 Å². The van der Waals surface area contributed by atoms with Crippen molar-refractivity contribution in [2.75, 3.05) is 32.8 Å². The van der Waals surface area contributed by atoms with Crippen molar-refractivity contribution in [3.8, 4) is 0 Å². The lowest BCUT2D eigenvalue weighted by Gasteiger charge is -2.19. The molecule has 6 heteroatoms. The van der Waals surface area contributed by atoms with E-state index in [1.807, 2.05) is 27.7 Å². The van der Waals surface area contributed by atoms with Crippen molar-refractivity contribution in [2.45, 2.75) is 72.3 Å². The van der Waals surface area contributed by atoms with Crippen LogP contribution >= 0.6 is 0 Å². The smallest absolute Gasteiger partial charge is 0.306 e. The summed E-state index contributed by atoms with van der Waals surface area (Å²) in [5.74, 6) is 0.736. The van der Waals surface area contributed by atoms with Gasteiger partial charge in [0, 0.05) is 32.7 Å². The quantitative estimate of drug-likeness (QED) is 0.247. The Morgan fingerprint density at radius 3 is 2.38 bits per heavy atom. The normalized spacial score (nSPS) is 12.1. The number of carbonyl (C=O) groups is 1. The van der Waals surface area contributed by atoms with Gasteiger partial charge in [0.05, 0.1) is 6.61 Å². The molecule has 0 atom stereocenters. The number of hydrogen-bond acceptors (Lipinski definition) is 4. The van der Waals surface area contributed by atoms with Gasteiger partial charge in [0.1, 0.15) is 5.60 Å². The molecule has 0 spiro atoms. The van der Waals surface area contributed by atoms with Crippen LogP contribution in [0.25, 0.3) is 0 Å². The lowest BCUT2D eigenvalue weighted by molar-refractivity contribution is -0.154. The van der Waals surface area contributed by atoms with Crippen LogP contribution in [0.1, 0.15) is 66.7 Å². The highest BCUT2D eigenvalue weighted by atomic mass is 16.6. The van der Waals surface area contributed by atoms with Crippen LogP contribution in [0.2, 0.25) is 0 Å². The molecular weight excluding hydrogens is 306 g/mol. The molecule has 0 aromatic heterocycles. The lowest BCUT2D eigenvalue weighted by atomic mass is 10.1. The second-order valence-corrected chi connectivity index (χ2v) is 6.64. The average Bonchev–Trinajstić information content (AvgIpc) is 2.48. The predicted octanol–water partition coefficient (Wildman–Crippen LogP) is 2.87. The van der Waals surface area contributed by atoms with Gasteiger partial charge in [-0.3, -0.25) is 9.79 Å². The number of nitrogens with one attached hydrogen (secondary N) is 2. The molecule has 0 aromatic rings. The standard InChI is InChI=1S/C18H37N3O3/c1-6-19-17(21-14-15-23-7-2)20-13-11-9-8-10-12-16(22)24-18(3,4)5/h6-15H2,1-5H3,(H2,19,20,21). The first-order valence-electron chi connectivity index (χ1n) is 9.20. The Morgan fingerprint density at radius 1 is 1.04 bits per heavy atom. The minimum Gasteiger partial charge on any atom is -0.460 e. The van der Waals surface area contributed by atoms with Crippen molar-refractivity contribution < 1.29 is 14.3 Å². The van der Waals surface area contributed by atoms with Crippen molar-refractivity contribution >= 4 is 11.9 Å². The molecule has 24 heavy (non-hydrogen) atoms. The molecule has 142 valence electrons. The van der Waals surface area contributed by atoms with E-state index in [1.54, 1.807) is 0 Å². The summed E-state index contributed by atoms with van der Waals surface area (Å²) in [5.41, 5.74) is -0.385. The lowest BCUT2D eigenvalue weighted by Crippen LogP contribution is -2.39. The fraction of sp³-hybridized carbons (Fsp3) is 0.889. The molecule has 0 heterocycles. The molecule has 2 N–H and O–H groups in total. The number of guanidine groups is 1. The Kier molecular flexibility index (Phi) is 13.3. The van der Waals surface area contributed by atoms with Crippen LogP contribution in [0.4, 0.5) is 0 Å². The maximum Gasteiger partial charge on any atom is 0.306 e. The molecule has 0 radical (unpaired) electrons. The Balaban J connectivity index is 3.73. The fourth-order valence-electron chi connectivity index (χ4n) is 2.05. The molecular formula is C18H37N3O3. The van der Waals surface area contributed by atoms with Gasteiger partial charge in [-0.05, 0) is 47.5 Å². The van der Waals surface area contributed by atoms with E-state index in [-0.39, 0.29) is 11.6 Å². The summed E-state index contributed by atoms with van der Waals surface area (Å²) in [6.45, 7) is 13.5. The molecule has 6 nitrogen and oxygen atoms in total. The highest BCUT2D eigenvalue weighted by Gasteiger charge is 2.15. The summed E-state index contributed by atoms with van der Waals surface area (Å²) in [6.07, 6.45) is 4.51. The molecule has 0 aliphatic carbocycles. The third-order valence-electron chi connectivity index (χ3n) is 3.07. The van der Waals surface area contributed by atoms with E-state index < -0.39 is 0 Å². The van der Waals surface area contributed by atoms with Crippen molar-refractivity contribution in [1.82, 2.24) is 10.6 Å². The zero-order chi connectivity index (χ0) is 18.3. The third kappa shape index (κ3) is 15.6. The molecule has 0 amide bonds. The molecule has 0 saturated heterocycles. The van der Waals surface area contributed by atoms with Gasteiger partial charge in [-0.15, -0.1) is 0 Å². The van der Waals surface area contributed by atoms with E-state index in [9.17, 15) is 4.79 Å². The van der Waals surface area contributed by atoms with Gasteiger partial charge in [0.15, 0.2) is 5.96 Å². The Morgan fingerprint density at radius 2 is 1.75 bits per heavy atom. The monoisotopic (exact) mass is 343 g/mol. The third-order valence-corrected chi connectivity index (χ3v) is 3.07. The summed E-state index contributed by atoms with van der Waals surface area (Å²) < 4.78 is 10.6. The van der Waals surface area contributed by atoms with Gasteiger partial charge >= 0.3 is 5.97 Å². The van der Waals surface area contributed by atoms with Gasteiger partial charge in [0.2, 0.25) is 0 Å². The molecule has 0 rings (SSSR count). The summed E-state index contributed by atoms with van der Waals surface area (Å²) in [7, 11) is 0. The summed E-state index contributed by atoms with van der Waals surface area (Å²) >= 11 is 0. The molecule has 0 bridgehead atoms. The van der Waals surface area contributed by atoms with E-state index in [0.29, 0.717) is 13.0 Å². The molecule has 0 aromatic carbocycles. The summed E-state index contributed by atoms with van der Waals surface area (Å²) in [6, 6.07) is 0. The number of ether oxygens (including phenoxy) is 2. The van der Waals surface area contributed by atoms with Crippen LogP contribution in [0.3, 0.4) is 0 Å². The van der Waals surface area contributed by atoms with Crippen molar-refractivity contribution in [3.63, 3.8) is 0 Å². The van der Waals surface area contributed by atoms with Gasteiger partial charge in [-0.25, -0.2) is 0 Å². The number of hydrogen-bond donors (Lipinski definition) is 2. The van der Waals surface area contributed by atoms with E-state index in [0.717, 1.165) is 57.9 Å². The SMILES string of the molecule is CCNC(=NCCCCCCC(=O)OC(C)(C)C)NCCOCC. The van der Waals surface area contributed by atoms with Crippen LogP contribution in [0.15, 0.2) is 4.99 Å². The minimum atomic E-state index is -0.385. The van der Waals surface area contributed by atoms with Gasteiger partial charge < -0.3 is 20.1 Å². The minimum absolute atomic E-state index is 0.103. The van der Waals surface area contributed by atoms with Crippen LogP contribution < -0.4 is 10.6 Å². The number of aliphatic imine (C=N–C) groups is 1. The van der Waals surface area contributed by atoms with Crippen molar-refractivity contribution in [3.05, 3.63) is 0 Å². The largest absolute Gasteiger partial charge is 0.460 e. The average molecular weight is 344 g/mol. The van der Waals surface area contributed by atoms with E-state index >= 15 is 0 Å². The first-order valence-corrected chi connectivity index (χ1v) is 9.20. The number of nitrogens with zero attached hydrogens (tertiary/aromatic N) is 1. The number of rotatable bonds is 12. The first kappa shape index (κ1) is 22.7. The Hall–Kier alpha value is -1.30. The molecule has 0 aliphatic heterocycles. The molecule has 0 fully saturated rings. The maximum absolute atomic E-state index is 11.6. The number of unbranched alkanes of at least 4 members (excludes halogenated alkanes) is 3. The van der Waals surface area contributed by atoms with Gasteiger partial charge in [-0.1, -0.05) is 12.8 Å². The second kappa shape index (κ2) is 14.1. The summed E-state index contributed by atoms with van der Waals surface area (Å²) in [5, 5.41) is 6.47. The van der Waals surface area contributed by atoms with E-state index in [2.05, 4.69) is 22.5 Å². The maximum atomic E-state index is 11.6. The van der Waals surface area contributed by atoms with E-state index in [4.69, 9.17) is 9.47 Å². The van der Waals surface area contributed by atoms with Crippen molar-refractivity contribution in [1.29, 1.82) is 0 Å². The van der Waals surface area contributed by atoms with Crippen LogP contribution in [0.5, 0.6) is 0 Å². The predicted molar refractivity (Wildman–Crippen MR) is 99.4 cm³/mol. The fourth-order valence-corrected chi connectivity index (χ4v) is 2.05. The van der Waals surface area contributed by atoms with Gasteiger partial charge in [0.25, 0.3) is 0 Å². The van der Waals surface area contributed by atoms with Crippen LogP contribution in [-0.4, -0.2) is 50.4 Å². The zero-order valence-electron chi connectivity index (χ0n) is 16.2. The number of esters is 1. The van der Waals surface area contributed by atoms with Crippen LogP contribution in [-0.2, 0) is 14.3 Å². The Bertz CT molecular complexity index is 352. The highest BCUT2D eigenvalue weighted by molar-refractivity contribution is 5.79. The van der Waals surface area contributed by atoms with Crippen LogP contribution in [0, 0.1) is 0 Å². The second-order valence-electron chi connectivity index (χ2n) is 6.64. The molecule has 0 unspecified atom stereocenters. The van der Waals surface area contributed by atoms with Gasteiger partial charge in [-0.2, -0.15) is 0 Å². The topological polar surface area (TPSA) is 72.0 Å². The molecule has 0 aliphatic rings. The summed E-state index contributed by atoms with van der Waals surface area (Å²) in [4.78, 5) is 16.1. The first-order chi connectivity index (χ1) is 11.4.